The minimum absolute atomic E-state index is 0.0335. The van der Waals surface area contributed by atoms with Crippen LogP contribution < -0.4 is 5.32 Å². The highest BCUT2D eigenvalue weighted by Gasteiger charge is 2.35. The molecule has 3 rings (SSSR count). The predicted molar refractivity (Wildman–Crippen MR) is 92.5 cm³/mol. The van der Waals surface area contributed by atoms with Crippen LogP contribution in [0.15, 0.2) is 28.7 Å². The number of hydrogen-bond donors (Lipinski definition) is 1. The van der Waals surface area contributed by atoms with Crippen LogP contribution in [0.3, 0.4) is 0 Å². The molecular formula is C18H24BrNO3. The second-order valence-corrected chi connectivity index (χ2v) is 7.43. The van der Waals surface area contributed by atoms with E-state index in [0.29, 0.717) is 13.0 Å². The lowest BCUT2D eigenvalue weighted by molar-refractivity contribution is -0.123. The smallest absolute Gasteiger partial charge is 0.222 e. The Morgan fingerprint density at radius 2 is 2.13 bits per heavy atom. The Morgan fingerprint density at radius 3 is 2.83 bits per heavy atom. The normalized spacial score (nSPS) is 23.6. The minimum atomic E-state index is -0.0335. The molecule has 2 aliphatic rings. The van der Waals surface area contributed by atoms with Crippen LogP contribution in [0.5, 0.6) is 0 Å². The van der Waals surface area contributed by atoms with Gasteiger partial charge in [-0.25, -0.2) is 0 Å². The number of ether oxygens (including phenoxy) is 2. The summed E-state index contributed by atoms with van der Waals surface area (Å²) in [5.74, 6) is 0.0952. The molecule has 4 nitrogen and oxygen atoms in total. The molecule has 0 spiro atoms. The van der Waals surface area contributed by atoms with E-state index < -0.39 is 0 Å². The average molecular weight is 382 g/mol. The summed E-state index contributed by atoms with van der Waals surface area (Å²) in [6.45, 7) is 2.94. The molecule has 2 fully saturated rings. The quantitative estimate of drug-likeness (QED) is 0.851. The number of halogens is 1. The minimum Gasteiger partial charge on any atom is -0.381 e. The molecule has 1 aromatic rings. The molecule has 2 heterocycles. The van der Waals surface area contributed by atoms with Crippen molar-refractivity contribution < 1.29 is 14.3 Å². The van der Waals surface area contributed by atoms with E-state index in [0.717, 1.165) is 50.0 Å². The van der Waals surface area contributed by atoms with Crippen LogP contribution in [0.25, 0.3) is 0 Å². The maximum Gasteiger partial charge on any atom is 0.222 e. The maximum atomic E-state index is 12.3. The Balaban J connectivity index is 1.65. The van der Waals surface area contributed by atoms with E-state index in [2.05, 4.69) is 39.4 Å². The number of benzene rings is 1. The molecule has 0 bridgehead atoms. The van der Waals surface area contributed by atoms with Crippen molar-refractivity contribution >= 4 is 21.8 Å². The van der Waals surface area contributed by atoms with Crippen molar-refractivity contribution in [1.29, 1.82) is 0 Å². The highest BCUT2D eigenvalue weighted by atomic mass is 79.9. The molecule has 2 aliphatic heterocycles. The molecular weight excluding hydrogens is 358 g/mol. The molecule has 1 amide bonds. The third-order valence-corrected chi connectivity index (χ3v) is 5.44. The summed E-state index contributed by atoms with van der Waals surface area (Å²) in [7, 11) is 0. The van der Waals surface area contributed by atoms with E-state index in [9.17, 15) is 4.79 Å². The molecule has 126 valence electrons. The van der Waals surface area contributed by atoms with Crippen molar-refractivity contribution in [2.75, 3.05) is 26.4 Å². The van der Waals surface area contributed by atoms with Gasteiger partial charge in [-0.15, -0.1) is 0 Å². The number of carbonyl (C=O) groups is 1. The lowest BCUT2D eigenvalue weighted by atomic mass is 9.74. The van der Waals surface area contributed by atoms with Crippen LogP contribution in [0.2, 0.25) is 0 Å². The van der Waals surface area contributed by atoms with Crippen LogP contribution in [0, 0.1) is 0 Å². The summed E-state index contributed by atoms with van der Waals surface area (Å²) < 4.78 is 12.2. The first-order valence-electron chi connectivity index (χ1n) is 8.40. The Bertz CT molecular complexity index is 537. The molecule has 1 aromatic carbocycles. The van der Waals surface area contributed by atoms with Gasteiger partial charge in [0.1, 0.15) is 0 Å². The van der Waals surface area contributed by atoms with Crippen LogP contribution >= 0.6 is 15.9 Å². The van der Waals surface area contributed by atoms with Crippen molar-refractivity contribution in [1.82, 2.24) is 5.32 Å². The zero-order valence-electron chi connectivity index (χ0n) is 13.4. The average Bonchev–Trinajstić information content (AvgIpc) is 3.07. The summed E-state index contributed by atoms with van der Waals surface area (Å²) in [6, 6.07) is 8.41. The molecule has 0 aromatic heterocycles. The Labute approximate surface area is 146 Å². The second-order valence-electron chi connectivity index (χ2n) is 6.52. The zero-order chi connectivity index (χ0) is 16.1. The van der Waals surface area contributed by atoms with E-state index in [4.69, 9.17) is 9.47 Å². The molecule has 0 saturated carbocycles. The van der Waals surface area contributed by atoms with Gasteiger partial charge in [0.15, 0.2) is 0 Å². The monoisotopic (exact) mass is 381 g/mol. The lowest BCUT2D eigenvalue weighted by Gasteiger charge is -2.38. The van der Waals surface area contributed by atoms with Gasteiger partial charge in [0.05, 0.1) is 12.5 Å². The van der Waals surface area contributed by atoms with Crippen molar-refractivity contribution in [2.45, 2.75) is 43.6 Å². The molecule has 0 radical (unpaired) electrons. The third-order valence-electron chi connectivity index (χ3n) is 4.95. The molecule has 2 saturated heterocycles. The van der Waals surface area contributed by atoms with Gasteiger partial charge in [-0.1, -0.05) is 28.1 Å². The number of carbonyl (C=O) groups excluding carboxylic acids is 1. The number of amides is 1. The van der Waals surface area contributed by atoms with Gasteiger partial charge in [-0.3, -0.25) is 4.79 Å². The Hall–Kier alpha value is -0.910. The first-order valence-corrected chi connectivity index (χ1v) is 9.19. The summed E-state index contributed by atoms with van der Waals surface area (Å²) >= 11 is 3.56. The highest BCUT2D eigenvalue weighted by molar-refractivity contribution is 9.10. The predicted octanol–water partition coefficient (Wildman–Crippen LogP) is 3.18. The first-order chi connectivity index (χ1) is 11.2. The lowest BCUT2D eigenvalue weighted by Crippen LogP contribution is -2.45. The SMILES string of the molecule is O=C(CC1CCCO1)NCC1(c2cccc(Br)c2)CCOCC1. The molecule has 23 heavy (non-hydrogen) atoms. The number of rotatable bonds is 5. The molecule has 1 atom stereocenters. The molecule has 1 N–H and O–H groups in total. The number of hydrogen-bond acceptors (Lipinski definition) is 3. The van der Waals surface area contributed by atoms with E-state index in [1.54, 1.807) is 0 Å². The standard InChI is InChI=1S/C18H24BrNO3/c19-15-4-1-3-14(11-15)18(6-9-22-10-7-18)13-20-17(21)12-16-5-2-8-23-16/h1,3-4,11,16H,2,5-10,12-13H2,(H,20,21). The second kappa shape index (κ2) is 7.77. The fourth-order valence-electron chi connectivity index (χ4n) is 3.50. The summed E-state index contributed by atoms with van der Waals surface area (Å²) in [5, 5.41) is 3.15. The van der Waals surface area contributed by atoms with Gasteiger partial charge in [0, 0.05) is 36.3 Å². The van der Waals surface area contributed by atoms with Crippen LogP contribution in [0.4, 0.5) is 0 Å². The van der Waals surface area contributed by atoms with Gasteiger partial charge in [0.2, 0.25) is 5.91 Å². The topological polar surface area (TPSA) is 47.6 Å². The fourth-order valence-corrected chi connectivity index (χ4v) is 3.90. The summed E-state index contributed by atoms with van der Waals surface area (Å²) in [4.78, 5) is 12.3. The van der Waals surface area contributed by atoms with E-state index in [-0.39, 0.29) is 17.4 Å². The van der Waals surface area contributed by atoms with Gasteiger partial charge in [0.25, 0.3) is 0 Å². The zero-order valence-corrected chi connectivity index (χ0v) is 14.9. The molecule has 1 unspecified atom stereocenters. The van der Waals surface area contributed by atoms with E-state index >= 15 is 0 Å². The fraction of sp³-hybridized carbons (Fsp3) is 0.611. The third kappa shape index (κ3) is 4.34. The van der Waals surface area contributed by atoms with Crippen molar-refractivity contribution in [3.63, 3.8) is 0 Å². The number of nitrogens with one attached hydrogen (secondary N) is 1. The van der Waals surface area contributed by atoms with Crippen LogP contribution in [-0.2, 0) is 19.7 Å². The van der Waals surface area contributed by atoms with E-state index in [1.807, 2.05) is 6.07 Å². The van der Waals surface area contributed by atoms with E-state index in [1.165, 1.54) is 5.56 Å². The van der Waals surface area contributed by atoms with Crippen molar-refractivity contribution in [3.05, 3.63) is 34.3 Å². The Kier molecular flexibility index (Phi) is 5.72. The first kappa shape index (κ1) is 16.9. The van der Waals surface area contributed by atoms with Crippen molar-refractivity contribution in [2.24, 2.45) is 0 Å². The molecule has 0 aliphatic carbocycles. The van der Waals surface area contributed by atoms with Gasteiger partial charge in [-0.2, -0.15) is 0 Å². The Morgan fingerprint density at radius 1 is 1.30 bits per heavy atom. The van der Waals surface area contributed by atoms with Crippen LogP contribution in [-0.4, -0.2) is 38.4 Å². The van der Waals surface area contributed by atoms with Crippen LogP contribution in [0.1, 0.15) is 37.7 Å². The van der Waals surface area contributed by atoms with Gasteiger partial charge >= 0.3 is 0 Å². The summed E-state index contributed by atoms with van der Waals surface area (Å²) in [6.07, 6.45) is 4.51. The maximum absolute atomic E-state index is 12.3. The van der Waals surface area contributed by atoms with Crippen molar-refractivity contribution in [3.8, 4) is 0 Å². The molecule has 5 heteroatoms. The summed E-state index contributed by atoms with van der Waals surface area (Å²) in [5.41, 5.74) is 1.24. The van der Waals surface area contributed by atoms with Gasteiger partial charge in [-0.05, 0) is 43.4 Å². The highest BCUT2D eigenvalue weighted by Crippen LogP contribution is 2.35. The largest absolute Gasteiger partial charge is 0.381 e. The van der Waals surface area contributed by atoms with Gasteiger partial charge < -0.3 is 14.8 Å².